The van der Waals surface area contributed by atoms with E-state index in [1.807, 2.05) is 6.92 Å². The minimum atomic E-state index is -0.591. The first kappa shape index (κ1) is 15.1. The van der Waals surface area contributed by atoms with Crippen molar-refractivity contribution in [2.24, 2.45) is 0 Å². The molecular formula is C11H15N3O4S. The van der Waals surface area contributed by atoms with Crippen LogP contribution >= 0.6 is 11.9 Å². The van der Waals surface area contributed by atoms with Gasteiger partial charge in [0.15, 0.2) is 0 Å². The summed E-state index contributed by atoms with van der Waals surface area (Å²) in [6.45, 7) is 3.81. The molecular weight excluding hydrogens is 270 g/mol. The summed E-state index contributed by atoms with van der Waals surface area (Å²) in [6.07, 6.45) is 0. The van der Waals surface area contributed by atoms with E-state index in [2.05, 4.69) is 4.72 Å². The smallest absolute Gasteiger partial charge is 0.340 e. The molecule has 0 unspecified atom stereocenters. The molecule has 0 saturated heterocycles. The number of anilines is 2. The molecule has 0 aromatic heterocycles. The average Bonchev–Trinajstić information content (AvgIpc) is 2.36. The van der Waals surface area contributed by atoms with Crippen molar-refractivity contribution in [1.29, 1.82) is 0 Å². The number of hydrogen-bond donors (Lipinski definition) is 2. The molecule has 0 radical (unpaired) electrons. The lowest BCUT2D eigenvalue weighted by molar-refractivity contribution is -0.383. The Bertz CT molecular complexity index is 493. The summed E-state index contributed by atoms with van der Waals surface area (Å²) in [5.74, 6) is 0.170. The maximum Gasteiger partial charge on any atom is 0.340 e. The van der Waals surface area contributed by atoms with E-state index in [0.29, 0.717) is 5.69 Å². The number of nitro groups is 1. The van der Waals surface area contributed by atoms with Crippen molar-refractivity contribution in [2.75, 3.05) is 22.8 Å². The minimum Gasteiger partial charge on any atom is -0.462 e. The molecule has 0 aliphatic heterocycles. The standard InChI is InChI=1S/C11H15N3O4S/c1-3-18-11(15)7-5-8(12)10(14(16)17)6-9(7)13-19-4-2/h5-6,13H,3-4,12H2,1-2H3. The third-order valence-electron chi connectivity index (χ3n) is 2.19. The number of carbonyl (C=O) groups is 1. The zero-order chi connectivity index (χ0) is 14.4. The summed E-state index contributed by atoms with van der Waals surface area (Å²) in [5.41, 5.74) is 5.77. The van der Waals surface area contributed by atoms with E-state index < -0.39 is 10.9 Å². The van der Waals surface area contributed by atoms with Gasteiger partial charge in [0.25, 0.3) is 5.69 Å². The second-order valence-electron chi connectivity index (χ2n) is 3.47. The van der Waals surface area contributed by atoms with E-state index in [0.717, 1.165) is 5.75 Å². The molecule has 3 N–H and O–H groups in total. The molecule has 19 heavy (non-hydrogen) atoms. The highest BCUT2D eigenvalue weighted by Gasteiger charge is 2.20. The van der Waals surface area contributed by atoms with Gasteiger partial charge >= 0.3 is 5.97 Å². The Kier molecular flexibility index (Phi) is 5.43. The summed E-state index contributed by atoms with van der Waals surface area (Å²) in [6, 6.07) is 2.50. The van der Waals surface area contributed by atoms with Gasteiger partial charge in [-0.05, 0) is 13.0 Å². The molecule has 0 spiro atoms. The van der Waals surface area contributed by atoms with Gasteiger partial charge in [0.2, 0.25) is 0 Å². The zero-order valence-electron chi connectivity index (χ0n) is 10.6. The largest absolute Gasteiger partial charge is 0.462 e. The van der Waals surface area contributed by atoms with Crippen LogP contribution in [0, 0.1) is 10.1 Å². The molecule has 8 heteroatoms. The van der Waals surface area contributed by atoms with Crippen LogP contribution in [0.3, 0.4) is 0 Å². The Morgan fingerprint density at radius 2 is 2.21 bits per heavy atom. The van der Waals surface area contributed by atoms with Gasteiger partial charge in [0, 0.05) is 11.8 Å². The van der Waals surface area contributed by atoms with E-state index in [-0.39, 0.29) is 23.5 Å². The number of nitrogens with zero attached hydrogens (tertiary/aromatic N) is 1. The fourth-order valence-electron chi connectivity index (χ4n) is 1.38. The van der Waals surface area contributed by atoms with Crippen LogP contribution in [-0.4, -0.2) is 23.3 Å². The lowest BCUT2D eigenvalue weighted by Crippen LogP contribution is -2.09. The van der Waals surface area contributed by atoms with Crippen molar-refractivity contribution in [3.63, 3.8) is 0 Å². The summed E-state index contributed by atoms with van der Waals surface area (Å²) < 4.78 is 7.77. The molecule has 0 bridgehead atoms. The summed E-state index contributed by atoms with van der Waals surface area (Å²) in [7, 11) is 0. The van der Waals surface area contributed by atoms with E-state index in [4.69, 9.17) is 10.5 Å². The van der Waals surface area contributed by atoms with Crippen LogP contribution in [0.25, 0.3) is 0 Å². The van der Waals surface area contributed by atoms with E-state index in [9.17, 15) is 14.9 Å². The number of rotatable bonds is 6. The van der Waals surface area contributed by atoms with Crippen molar-refractivity contribution < 1.29 is 14.5 Å². The number of nitro benzene ring substituents is 1. The number of ether oxygens (including phenoxy) is 1. The molecule has 104 valence electrons. The van der Waals surface area contributed by atoms with Crippen molar-refractivity contribution in [3.05, 3.63) is 27.8 Å². The SMILES string of the molecule is CCOC(=O)c1cc(N)c([N+](=O)[O-])cc1NSCC. The molecule has 7 nitrogen and oxygen atoms in total. The topological polar surface area (TPSA) is 107 Å². The quantitative estimate of drug-likeness (QED) is 0.272. The highest BCUT2D eigenvalue weighted by Crippen LogP contribution is 2.31. The van der Waals surface area contributed by atoms with Gasteiger partial charge in [0.1, 0.15) is 5.69 Å². The van der Waals surface area contributed by atoms with Crippen molar-refractivity contribution in [3.8, 4) is 0 Å². The highest BCUT2D eigenvalue weighted by atomic mass is 32.2. The number of benzene rings is 1. The van der Waals surface area contributed by atoms with Gasteiger partial charge in [-0.2, -0.15) is 0 Å². The molecule has 0 atom stereocenters. The molecule has 0 amide bonds. The van der Waals surface area contributed by atoms with Crippen molar-refractivity contribution >= 4 is 35.0 Å². The van der Waals surface area contributed by atoms with E-state index in [1.54, 1.807) is 6.92 Å². The van der Waals surface area contributed by atoms with Crippen LogP contribution in [0.15, 0.2) is 12.1 Å². The Morgan fingerprint density at radius 3 is 2.74 bits per heavy atom. The molecule has 0 aliphatic rings. The number of carbonyl (C=O) groups excluding carboxylic acids is 1. The fraction of sp³-hybridized carbons (Fsp3) is 0.364. The van der Waals surface area contributed by atoms with Crippen LogP contribution in [-0.2, 0) is 4.74 Å². The maximum atomic E-state index is 11.8. The predicted octanol–water partition coefficient (Wildman–Crippen LogP) is 2.43. The zero-order valence-corrected chi connectivity index (χ0v) is 11.5. The second kappa shape index (κ2) is 6.83. The summed E-state index contributed by atoms with van der Waals surface area (Å²) >= 11 is 1.32. The van der Waals surface area contributed by atoms with Crippen LogP contribution in [0.5, 0.6) is 0 Å². The maximum absolute atomic E-state index is 11.8. The van der Waals surface area contributed by atoms with Crippen LogP contribution in [0.4, 0.5) is 17.1 Å². The minimum absolute atomic E-state index is 0.0694. The van der Waals surface area contributed by atoms with Gasteiger partial charge in [-0.15, -0.1) is 0 Å². The number of nitrogens with two attached hydrogens (primary N) is 1. The lowest BCUT2D eigenvalue weighted by Gasteiger charge is -2.11. The third kappa shape index (κ3) is 3.75. The number of esters is 1. The Labute approximate surface area is 114 Å². The first-order valence-electron chi connectivity index (χ1n) is 5.64. The number of nitrogens with one attached hydrogen (secondary N) is 1. The molecule has 0 heterocycles. The number of hydrogen-bond acceptors (Lipinski definition) is 7. The first-order chi connectivity index (χ1) is 9.01. The van der Waals surface area contributed by atoms with Crippen molar-refractivity contribution in [1.82, 2.24) is 0 Å². The molecule has 0 saturated carbocycles. The highest BCUT2D eigenvalue weighted by molar-refractivity contribution is 8.00. The Hall–Kier alpha value is -1.96. The van der Waals surface area contributed by atoms with Crippen LogP contribution in [0.2, 0.25) is 0 Å². The normalized spacial score (nSPS) is 10.0. The van der Waals surface area contributed by atoms with Gasteiger partial charge in [-0.1, -0.05) is 18.9 Å². The monoisotopic (exact) mass is 285 g/mol. The van der Waals surface area contributed by atoms with Gasteiger partial charge in [-0.3, -0.25) is 10.1 Å². The summed E-state index contributed by atoms with van der Waals surface area (Å²) in [5, 5.41) is 10.8. The average molecular weight is 285 g/mol. The van der Waals surface area contributed by atoms with Crippen LogP contribution < -0.4 is 10.5 Å². The van der Waals surface area contributed by atoms with Gasteiger partial charge < -0.3 is 15.2 Å². The Morgan fingerprint density at radius 1 is 1.53 bits per heavy atom. The fourth-order valence-corrected chi connectivity index (χ4v) is 1.84. The lowest BCUT2D eigenvalue weighted by atomic mass is 10.1. The van der Waals surface area contributed by atoms with Gasteiger partial charge in [-0.25, -0.2) is 4.79 Å². The molecule has 1 aromatic carbocycles. The third-order valence-corrected chi connectivity index (χ3v) is 2.84. The van der Waals surface area contributed by atoms with Crippen molar-refractivity contribution in [2.45, 2.75) is 13.8 Å². The van der Waals surface area contributed by atoms with E-state index in [1.165, 1.54) is 24.1 Å². The first-order valence-corrected chi connectivity index (χ1v) is 6.62. The molecule has 1 aromatic rings. The second-order valence-corrected chi connectivity index (χ2v) is 4.54. The Balaban J connectivity index is 3.23. The molecule has 0 aliphatic carbocycles. The molecule has 0 fully saturated rings. The number of nitrogen functional groups attached to an aromatic ring is 1. The predicted molar refractivity (Wildman–Crippen MR) is 75.2 cm³/mol. The molecule has 1 rings (SSSR count). The van der Waals surface area contributed by atoms with Crippen LogP contribution in [0.1, 0.15) is 24.2 Å². The van der Waals surface area contributed by atoms with Gasteiger partial charge in [0.05, 0.1) is 22.8 Å². The summed E-state index contributed by atoms with van der Waals surface area (Å²) in [4.78, 5) is 22.0. The van der Waals surface area contributed by atoms with E-state index >= 15 is 0 Å².